The van der Waals surface area contributed by atoms with Gasteiger partial charge in [-0.25, -0.2) is 4.79 Å². The van der Waals surface area contributed by atoms with Crippen molar-refractivity contribution < 1.29 is 22.7 Å². The van der Waals surface area contributed by atoms with Crippen LogP contribution >= 0.6 is 0 Å². The normalized spacial score (nSPS) is 11.5. The molecule has 0 saturated carbocycles. The predicted octanol–water partition coefficient (Wildman–Crippen LogP) is 3.71. The van der Waals surface area contributed by atoms with Crippen LogP contribution in [0.25, 0.3) is 0 Å². The van der Waals surface area contributed by atoms with Crippen LogP contribution in [0.4, 0.5) is 13.2 Å². The van der Waals surface area contributed by atoms with Crippen molar-refractivity contribution in [3.05, 3.63) is 58.9 Å². The van der Waals surface area contributed by atoms with Crippen LogP contribution in [0.15, 0.2) is 36.4 Å². The Kier molecular flexibility index (Phi) is 4.06. The molecule has 2 rings (SSSR count). The molecular weight excluding hydrogens is 283 g/mol. The Bertz CT molecular complexity index is 659. The van der Waals surface area contributed by atoms with Gasteiger partial charge in [0.15, 0.2) is 0 Å². The van der Waals surface area contributed by atoms with Crippen molar-refractivity contribution in [1.29, 1.82) is 0 Å². The maximum atomic E-state index is 12.6. The van der Waals surface area contributed by atoms with Gasteiger partial charge in [-0.05, 0) is 36.8 Å². The van der Waals surface area contributed by atoms with Crippen LogP contribution in [0.1, 0.15) is 27.3 Å². The number of benzene rings is 1. The zero-order valence-electron chi connectivity index (χ0n) is 11.6. The summed E-state index contributed by atoms with van der Waals surface area (Å²) in [6.07, 6.45) is -4.41. The van der Waals surface area contributed by atoms with E-state index in [0.717, 1.165) is 17.8 Å². The van der Waals surface area contributed by atoms with E-state index in [1.54, 1.807) is 23.7 Å². The largest absolute Gasteiger partial charge is 0.456 e. The lowest BCUT2D eigenvalue weighted by Gasteiger charge is -2.10. The van der Waals surface area contributed by atoms with Crippen molar-refractivity contribution in [3.63, 3.8) is 0 Å². The molecule has 0 aliphatic carbocycles. The Balaban J connectivity index is 2.07. The van der Waals surface area contributed by atoms with E-state index in [4.69, 9.17) is 4.74 Å². The Labute approximate surface area is 120 Å². The van der Waals surface area contributed by atoms with Gasteiger partial charge in [0.05, 0.1) is 5.56 Å². The summed E-state index contributed by atoms with van der Waals surface area (Å²) in [5, 5.41) is 0. The quantitative estimate of drug-likeness (QED) is 0.809. The van der Waals surface area contributed by atoms with Gasteiger partial charge in [-0.15, -0.1) is 0 Å². The molecule has 0 aliphatic rings. The summed E-state index contributed by atoms with van der Waals surface area (Å²) < 4.78 is 44.4. The summed E-state index contributed by atoms with van der Waals surface area (Å²) in [7, 11) is 1.72. The number of alkyl halides is 3. The van der Waals surface area contributed by atoms with Gasteiger partial charge < -0.3 is 9.30 Å². The van der Waals surface area contributed by atoms with E-state index in [2.05, 4.69) is 0 Å². The summed E-state index contributed by atoms with van der Waals surface area (Å²) in [5.74, 6) is -0.567. The van der Waals surface area contributed by atoms with E-state index >= 15 is 0 Å². The Hall–Kier alpha value is -2.24. The number of carbonyl (C=O) groups is 1. The van der Waals surface area contributed by atoms with Crippen LogP contribution in [0.5, 0.6) is 0 Å². The van der Waals surface area contributed by atoms with E-state index < -0.39 is 17.7 Å². The van der Waals surface area contributed by atoms with Crippen molar-refractivity contribution in [3.8, 4) is 0 Å². The second kappa shape index (κ2) is 5.63. The van der Waals surface area contributed by atoms with Gasteiger partial charge in [-0.3, -0.25) is 0 Å². The smallest absolute Gasteiger partial charge is 0.416 e. The first kappa shape index (κ1) is 15.2. The number of esters is 1. The monoisotopic (exact) mass is 297 g/mol. The summed E-state index contributed by atoms with van der Waals surface area (Å²) >= 11 is 0. The van der Waals surface area contributed by atoms with E-state index in [-0.39, 0.29) is 6.61 Å². The second-order valence-corrected chi connectivity index (χ2v) is 4.69. The first-order valence-electron chi connectivity index (χ1n) is 6.24. The fourth-order valence-electron chi connectivity index (χ4n) is 1.88. The minimum Gasteiger partial charge on any atom is -0.456 e. The molecule has 1 heterocycles. The number of carbonyl (C=O) groups excluding carboxylic acids is 1. The third-order valence-electron chi connectivity index (χ3n) is 3.21. The fourth-order valence-corrected chi connectivity index (χ4v) is 1.88. The maximum absolute atomic E-state index is 12.6. The minimum absolute atomic E-state index is 0.201. The van der Waals surface area contributed by atoms with E-state index in [1.807, 2.05) is 6.92 Å². The molecule has 0 spiro atoms. The van der Waals surface area contributed by atoms with Crippen LogP contribution in [0.2, 0.25) is 0 Å². The average Bonchev–Trinajstić information content (AvgIpc) is 2.76. The Morgan fingerprint density at radius 1 is 1.24 bits per heavy atom. The van der Waals surface area contributed by atoms with Crippen molar-refractivity contribution >= 4 is 5.97 Å². The number of aryl methyl sites for hydroxylation is 1. The first-order chi connectivity index (χ1) is 9.79. The van der Waals surface area contributed by atoms with Gasteiger partial charge >= 0.3 is 12.1 Å². The number of halogens is 3. The zero-order chi connectivity index (χ0) is 15.6. The van der Waals surface area contributed by atoms with Crippen molar-refractivity contribution in [2.75, 3.05) is 0 Å². The minimum atomic E-state index is -4.41. The molecule has 0 amide bonds. The van der Waals surface area contributed by atoms with Crippen LogP contribution < -0.4 is 0 Å². The Morgan fingerprint density at radius 2 is 1.95 bits per heavy atom. The van der Waals surface area contributed by atoms with Crippen molar-refractivity contribution in [2.24, 2.45) is 7.05 Å². The predicted molar refractivity (Wildman–Crippen MR) is 70.7 cm³/mol. The number of hydrogen-bond donors (Lipinski definition) is 0. The fraction of sp³-hybridized carbons (Fsp3) is 0.267. The van der Waals surface area contributed by atoms with E-state index in [1.165, 1.54) is 12.1 Å². The molecule has 0 atom stereocenters. The molecule has 0 saturated heterocycles. The van der Waals surface area contributed by atoms with Gasteiger partial charge in [-0.2, -0.15) is 13.2 Å². The molecule has 2 aromatic rings. The van der Waals surface area contributed by atoms with Gasteiger partial charge in [-0.1, -0.05) is 12.1 Å². The number of aromatic nitrogens is 1. The van der Waals surface area contributed by atoms with Crippen molar-refractivity contribution in [2.45, 2.75) is 19.7 Å². The van der Waals surface area contributed by atoms with Crippen LogP contribution in [0, 0.1) is 6.92 Å². The van der Waals surface area contributed by atoms with Crippen molar-refractivity contribution in [1.82, 2.24) is 4.57 Å². The number of ether oxygens (including phenoxy) is 1. The molecule has 0 fully saturated rings. The lowest BCUT2D eigenvalue weighted by atomic mass is 10.1. The third kappa shape index (κ3) is 3.45. The lowest BCUT2D eigenvalue weighted by molar-refractivity contribution is -0.137. The molecular formula is C15H14F3NO2. The lowest BCUT2D eigenvalue weighted by Crippen LogP contribution is -2.11. The van der Waals surface area contributed by atoms with E-state index in [0.29, 0.717) is 11.3 Å². The molecule has 0 radical (unpaired) electrons. The van der Waals surface area contributed by atoms with Gasteiger partial charge in [0.2, 0.25) is 0 Å². The highest BCUT2D eigenvalue weighted by Crippen LogP contribution is 2.29. The Morgan fingerprint density at radius 3 is 2.52 bits per heavy atom. The highest BCUT2D eigenvalue weighted by Gasteiger charge is 2.30. The molecule has 21 heavy (non-hydrogen) atoms. The van der Waals surface area contributed by atoms with E-state index in [9.17, 15) is 18.0 Å². The molecule has 0 aliphatic heterocycles. The highest BCUT2D eigenvalue weighted by molar-refractivity contribution is 5.87. The number of rotatable bonds is 3. The second-order valence-electron chi connectivity index (χ2n) is 4.69. The molecule has 6 heteroatoms. The van der Waals surface area contributed by atoms with Gasteiger partial charge in [0, 0.05) is 12.7 Å². The van der Waals surface area contributed by atoms with Gasteiger partial charge in [0.1, 0.15) is 12.3 Å². The van der Waals surface area contributed by atoms with Crippen LogP contribution in [-0.2, 0) is 24.6 Å². The highest BCUT2D eigenvalue weighted by atomic mass is 19.4. The zero-order valence-corrected chi connectivity index (χ0v) is 11.6. The molecule has 0 N–H and O–H groups in total. The summed E-state index contributed by atoms with van der Waals surface area (Å²) in [6, 6.07) is 8.11. The standard InChI is InChI=1S/C15H14F3NO2/c1-10-6-7-13(19(10)2)14(20)21-9-11-4-3-5-12(8-11)15(16,17)18/h3-8H,9H2,1-2H3. The first-order valence-corrected chi connectivity index (χ1v) is 6.24. The molecule has 3 nitrogen and oxygen atoms in total. The third-order valence-corrected chi connectivity index (χ3v) is 3.21. The molecule has 1 aromatic heterocycles. The number of hydrogen-bond acceptors (Lipinski definition) is 2. The molecule has 112 valence electrons. The molecule has 1 aromatic carbocycles. The SMILES string of the molecule is Cc1ccc(C(=O)OCc2cccc(C(F)(F)F)c2)n1C. The summed E-state index contributed by atoms with van der Waals surface area (Å²) in [5.41, 5.74) is 0.787. The maximum Gasteiger partial charge on any atom is 0.416 e. The van der Waals surface area contributed by atoms with Crippen LogP contribution in [-0.4, -0.2) is 10.5 Å². The molecule has 0 bridgehead atoms. The summed E-state index contributed by atoms with van der Waals surface area (Å²) in [4.78, 5) is 11.9. The van der Waals surface area contributed by atoms with Crippen LogP contribution in [0.3, 0.4) is 0 Å². The average molecular weight is 297 g/mol. The molecule has 0 unspecified atom stereocenters. The topological polar surface area (TPSA) is 31.2 Å². The number of nitrogens with zero attached hydrogens (tertiary/aromatic N) is 1. The van der Waals surface area contributed by atoms with Gasteiger partial charge in [0.25, 0.3) is 0 Å². The summed E-state index contributed by atoms with van der Waals surface area (Å²) in [6.45, 7) is 1.64.